The SMILES string of the molecule is CC(=O)N1CCN(C(=O)Sc2c/c(=N/c3ccccc3)ss2)CC1. The van der Waals surface area contributed by atoms with E-state index in [0.717, 1.165) is 14.6 Å². The highest BCUT2D eigenvalue weighted by Gasteiger charge is 2.23. The number of amides is 2. The van der Waals surface area contributed by atoms with Gasteiger partial charge in [-0.3, -0.25) is 9.59 Å². The number of hydrogen-bond donors (Lipinski definition) is 0. The van der Waals surface area contributed by atoms with Crippen molar-refractivity contribution in [3.05, 3.63) is 41.1 Å². The van der Waals surface area contributed by atoms with Crippen LogP contribution in [0.25, 0.3) is 0 Å². The third-order valence-corrected chi connectivity index (χ3v) is 7.23. The van der Waals surface area contributed by atoms with Gasteiger partial charge in [-0.1, -0.05) is 38.9 Å². The van der Waals surface area contributed by atoms with Gasteiger partial charge < -0.3 is 9.80 Å². The van der Waals surface area contributed by atoms with Gasteiger partial charge in [-0.15, -0.1) is 0 Å². The molecule has 0 bridgehead atoms. The summed E-state index contributed by atoms with van der Waals surface area (Å²) in [7, 11) is 3.13. The molecule has 1 saturated heterocycles. The van der Waals surface area contributed by atoms with E-state index in [1.165, 1.54) is 11.8 Å². The molecule has 0 aliphatic carbocycles. The Balaban J connectivity index is 1.60. The number of carbonyl (C=O) groups excluding carboxylic acids is 2. The smallest absolute Gasteiger partial charge is 0.287 e. The lowest BCUT2D eigenvalue weighted by molar-refractivity contribution is -0.130. The first-order valence-corrected chi connectivity index (χ1v) is 10.5. The van der Waals surface area contributed by atoms with Gasteiger partial charge in [-0.05, 0) is 30.0 Å². The van der Waals surface area contributed by atoms with Crippen molar-refractivity contribution in [2.45, 2.75) is 11.1 Å². The lowest BCUT2D eigenvalue weighted by atomic mass is 10.3. The standard InChI is InChI=1S/C16H17N3O2S3/c1-12(20)18-7-9-19(10-8-18)16(21)22-15-11-14(23-24-15)17-13-5-3-2-4-6-13/h2-6,11H,7-10H2,1H3/b17-14-. The number of benzene rings is 1. The molecule has 0 N–H and O–H groups in total. The molecule has 8 heteroatoms. The number of nitrogens with zero attached hydrogens (tertiary/aromatic N) is 3. The van der Waals surface area contributed by atoms with Crippen LogP contribution in [0.1, 0.15) is 6.92 Å². The van der Waals surface area contributed by atoms with Crippen LogP contribution in [0.5, 0.6) is 0 Å². The molecule has 0 saturated carbocycles. The summed E-state index contributed by atoms with van der Waals surface area (Å²) in [6, 6.07) is 11.7. The van der Waals surface area contributed by atoms with Crippen molar-refractivity contribution in [2.75, 3.05) is 26.2 Å². The van der Waals surface area contributed by atoms with Gasteiger partial charge >= 0.3 is 0 Å². The molecule has 5 nitrogen and oxygen atoms in total. The molecule has 24 heavy (non-hydrogen) atoms. The molecule has 2 aromatic rings. The fourth-order valence-corrected chi connectivity index (χ4v) is 5.62. The van der Waals surface area contributed by atoms with Crippen LogP contribution in [-0.2, 0) is 4.79 Å². The molecule has 2 amide bonds. The molecule has 3 rings (SSSR count). The van der Waals surface area contributed by atoms with Crippen molar-refractivity contribution in [2.24, 2.45) is 4.99 Å². The molecule has 0 atom stereocenters. The quantitative estimate of drug-likeness (QED) is 0.593. The first kappa shape index (κ1) is 17.2. The van der Waals surface area contributed by atoms with Crippen LogP contribution in [-0.4, -0.2) is 47.1 Å². The minimum atomic E-state index is 0.0403. The van der Waals surface area contributed by atoms with Crippen molar-refractivity contribution in [3.63, 3.8) is 0 Å². The Morgan fingerprint density at radius 3 is 2.38 bits per heavy atom. The zero-order valence-corrected chi connectivity index (χ0v) is 15.6. The first-order chi connectivity index (χ1) is 11.6. The van der Waals surface area contributed by atoms with E-state index < -0.39 is 0 Å². The Bertz CT molecular complexity index is 777. The van der Waals surface area contributed by atoms with Crippen molar-refractivity contribution in [3.8, 4) is 0 Å². The van der Waals surface area contributed by atoms with Crippen LogP contribution in [0.4, 0.5) is 10.5 Å². The normalized spacial score (nSPS) is 15.6. The lowest BCUT2D eigenvalue weighted by Crippen LogP contribution is -2.49. The van der Waals surface area contributed by atoms with E-state index in [0.29, 0.717) is 26.2 Å². The van der Waals surface area contributed by atoms with Crippen LogP contribution in [0.2, 0.25) is 0 Å². The molecule has 126 valence electrons. The van der Waals surface area contributed by atoms with Gasteiger partial charge in [0, 0.05) is 33.1 Å². The van der Waals surface area contributed by atoms with Crippen LogP contribution >= 0.6 is 32.4 Å². The van der Waals surface area contributed by atoms with E-state index in [1.54, 1.807) is 32.5 Å². The molecule has 0 radical (unpaired) electrons. The van der Waals surface area contributed by atoms with Crippen LogP contribution in [0.3, 0.4) is 0 Å². The molecule has 2 heterocycles. The fourth-order valence-electron chi connectivity index (χ4n) is 2.31. The van der Waals surface area contributed by atoms with Crippen LogP contribution in [0, 0.1) is 0 Å². The molecule has 1 aromatic carbocycles. The van der Waals surface area contributed by atoms with Gasteiger partial charge in [0.2, 0.25) is 5.91 Å². The molecule has 0 unspecified atom stereocenters. The molecular formula is C16H17N3O2S3. The highest BCUT2D eigenvalue weighted by molar-refractivity contribution is 8.15. The van der Waals surface area contributed by atoms with Crippen molar-refractivity contribution in [1.29, 1.82) is 0 Å². The van der Waals surface area contributed by atoms with E-state index in [4.69, 9.17) is 0 Å². The van der Waals surface area contributed by atoms with E-state index in [1.807, 2.05) is 41.3 Å². The first-order valence-electron chi connectivity index (χ1n) is 7.54. The number of carbonyl (C=O) groups is 2. The summed E-state index contributed by atoms with van der Waals surface area (Å²) in [6.07, 6.45) is 0. The van der Waals surface area contributed by atoms with Gasteiger partial charge in [0.25, 0.3) is 5.24 Å². The zero-order chi connectivity index (χ0) is 16.9. The minimum absolute atomic E-state index is 0.0403. The summed E-state index contributed by atoms with van der Waals surface area (Å²) < 4.78 is 1.86. The predicted molar refractivity (Wildman–Crippen MR) is 98.9 cm³/mol. The summed E-state index contributed by atoms with van der Waals surface area (Å²) in [4.78, 5) is 31.8. The summed E-state index contributed by atoms with van der Waals surface area (Å²) in [5.41, 5.74) is 0.912. The van der Waals surface area contributed by atoms with Crippen molar-refractivity contribution in [1.82, 2.24) is 9.80 Å². The van der Waals surface area contributed by atoms with Gasteiger partial charge in [-0.2, -0.15) is 0 Å². The van der Waals surface area contributed by atoms with E-state index >= 15 is 0 Å². The second-order valence-corrected chi connectivity index (χ2v) is 8.72. The second kappa shape index (κ2) is 7.96. The second-order valence-electron chi connectivity index (χ2n) is 5.28. The number of rotatable bonds is 2. The van der Waals surface area contributed by atoms with E-state index in [2.05, 4.69) is 4.99 Å². The Hall–Kier alpha value is -1.64. The lowest BCUT2D eigenvalue weighted by Gasteiger charge is -2.33. The van der Waals surface area contributed by atoms with E-state index in [9.17, 15) is 9.59 Å². The molecule has 1 aliphatic rings. The van der Waals surface area contributed by atoms with Crippen molar-refractivity contribution >= 4 is 49.3 Å². The average Bonchev–Trinajstić information content (AvgIpc) is 3.02. The largest absolute Gasteiger partial charge is 0.339 e. The van der Waals surface area contributed by atoms with Crippen LogP contribution in [0.15, 0.2) is 45.6 Å². The summed E-state index contributed by atoms with van der Waals surface area (Å²) in [6.45, 7) is 3.99. The number of piperazine rings is 1. The maximum Gasteiger partial charge on any atom is 0.287 e. The Kier molecular flexibility index (Phi) is 5.70. The minimum Gasteiger partial charge on any atom is -0.339 e. The molecule has 1 fully saturated rings. The summed E-state index contributed by atoms with van der Waals surface area (Å²) in [5, 5.41) is 0.0403. The molecule has 1 aromatic heterocycles. The highest BCUT2D eigenvalue weighted by Crippen LogP contribution is 2.27. The van der Waals surface area contributed by atoms with Gasteiger partial charge in [0.1, 0.15) is 4.67 Å². The number of thioether (sulfide) groups is 1. The Morgan fingerprint density at radius 2 is 1.71 bits per heavy atom. The molecular weight excluding hydrogens is 362 g/mol. The van der Waals surface area contributed by atoms with E-state index in [-0.39, 0.29) is 11.1 Å². The molecule has 1 aliphatic heterocycles. The summed E-state index contributed by atoms with van der Waals surface area (Å²) >= 11 is 1.24. The van der Waals surface area contributed by atoms with Gasteiger partial charge in [0.15, 0.2) is 0 Å². The Morgan fingerprint density at radius 1 is 1.04 bits per heavy atom. The number of para-hydroxylation sites is 1. The summed E-state index contributed by atoms with van der Waals surface area (Å²) in [5.74, 6) is 0.0713. The van der Waals surface area contributed by atoms with Crippen LogP contribution < -0.4 is 4.67 Å². The predicted octanol–water partition coefficient (Wildman–Crippen LogP) is 3.42. The van der Waals surface area contributed by atoms with Gasteiger partial charge in [-0.25, -0.2) is 4.99 Å². The highest BCUT2D eigenvalue weighted by atomic mass is 32.9. The third kappa shape index (κ3) is 4.46. The average molecular weight is 380 g/mol. The fraction of sp³-hybridized carbons (Fsp3) is 0.312. The third-order valence-electron chi connectivity index (χ3n) is 3.62. The maximum absolute atomic E-state index is 12.4. The Labute approximate surface area is 152 Å². The van der Waals surface area contributed by atoms with Crippen molar-refractivity contribution < 1.29 is 9.59 Å². The zero-order valence-electron chi connectivity index (χ0n) is 13.2. The topological polar surface area (TPSA) is 53.0 Å². The maximum atomic E-state index is 12.4. The molecule has 0 spiro atoms. The number of hydrogen-bond acceptors (Lipinski definition) is 6. The monoisotopic (exact) mass is 379 g/mol. The van der Waals surface area contributed by atoms with Gasteiger partial charge in [0.05, 0.1) is 9.90 Å².